The average Bonchev–Trinajstić information content (AvgIpc) is 2.59. The molecule has 1 saturated carbocycles. The number of allylic oxidation sites excluding steroid dienone is 3. The first kappa shape index (κ1) is 11.1. The molecule has 0 heterocycles. The second-order valence-corrected chi connectivity index (χ2v) is 3.93. The molecule has 0 bridgehead atoms. The highest BCUT2D eigenvalue weighted by atomic mass is 14.9. The van der Waals surface area contributed by atoms with Crippen molar-refractivity contribution in [2.75, 3.05) is 6.54 Å². The molecular formula is C13H21N. The van der Waals surface area contributed by atoms with Gasteiger partial charge in [-0.15, -0.1) is 6.58 Å². The zero-order valence-electron chi connectivity index (χ0n) is 9.34. The molecule has 1 fully saturated rings. The molecular weight excluding hydrogens is 170 g/mol. The Morgan fingerprint density at radius 2 is 2.43 bits per heavy atom. The van der Waals surface area contributed by atoms with Crippen molar-refractivity contribution < 1.29 is 0 Å². The maximum atomic E-state index is 3.70. The third-order valence-electron chi connectivity index (χ3n) is 2.84. The lowest BCUT2D eigenvalue weighted by Crippen LogP contribution is -2.11. The molecule has 0 amide bonds. The molecule has 1 nitrogen and oxygen atoms in total. The fourth-order valence-corrected chi connectivity index (χ4v) is 1.88. The van der Waals surface area contributed by atoms with Crippen LogP contribution in [0.3, 0.4) is 0 Å². The first-order valence-electron chi connectivity index (χ1n) is 5.49. The van der Waals surface area contributed by atoms with Crippen LogP contribution in [0, 0.1) is 5.92 Å². The summed E-state index contributed by atoms with van der Waals surface area (Å²) >= 11 is 0. The molecule has 1 unspecified atom stereocenters. The van der Waals surface area contributed by atoms with Crippen LogP contribution in [-0.2, 0) is 0 Å². The van der Waals surface area contributed by atoms with E-state index in [-0.39, 0.29) is 0 Å². The second-order valence-electron chi connectivity index (χ2n) is 3.93. The van der Waals surface area contributed by atoms with Crippen LogP contribution >= 0.6 is 0 Å². The van der Waals surface area contributed by atoms with Crippen molar-refractivity contribution in [1.82, 2.24) is 5.32 Å². The predicted molar refractivity (Wildman–Crippen MR) is 63.1 cm³/mol. The normalized spacial score (nSPS) is 25.4. The van der Waals surface area contributed by atoms with E-state index in [2.05, 4.69) is 37.9 Å². The van der Waals surface area contributed by atoms with E-state index in [1.54, 1.807) is 5.57 Å². The molecule has 1 atom stereocenters. The molecule has 0 aromatic rings. The molecule has 1 aliphatic rings. The van der Waals surface area contributed by atoms with Crippen LogP contribution < -0.4 is 5.32 Å². The average molecular weight is 191 g/mol. The molecule has 0 spiro atoms. The zero-order valence-corrected chi connectivity index (χ0v) is 9.34. The van der Waals surface area contributed by atoms with E-state index in [1.807, 2.05) is 6.08 Å². The summed E-state index contributed by atoms with van der Waals surface area (Å²) in [6.07, 6.45) is 10.3. The quantitative estimate of drug-likeness (QED) is 0.671. The van der Waals surface area contributed by atoms with Crippen molar-refractivity contribution in [3.05, 3.63) is 36.1 Å². The van der Waals surface area contributed by atoms with Crippen LogP contribution in [0.15, 0.2) is 36.1 Å². The van der Waals surface area contributed by atoms with Gasteiger partial charge in [0.15, 0.2) is 0 Å². The summed E-state index contributed by atoms with van der Waals surface area (Å²) in [7, 11) is 0. The van der Waals surface area contributed by atoms with Gasteiger partial charge in [0.25, 0.3) is 0 Å². The number of rotatable bonds is 4. The van der Waals surface area contributed by atoms with Gasteiger partial charge in [0.05, 0.1) is 0 Å². The van der Waals surface area contributed by atoms with Crippen molar-refractivity contribution in [2.24, 2.45) is 5.92 Å². The summed E-state index contributed by atoms with van der Waals surface area (Å²) in [6, 6.07) is 0. The molecule has 1 aliphatic carbocycles. The van der Waals surface area contributed by atoms with Crippen molar-refractivity contribution in [2.45, 2.75) is 33.1 Å². The highest BCUT2D eigenvalue weighted by molar-refractivity contribution is 5.25. The Balaban J connectivity index is 2.58. The summed E-state index contributed by atoms with van der Waals surface area (Å²) in [6.45, 7) is 8.94. The lowest BCUT2D eigenvalue weighted by Gasteiger charge is -2.08. The van der Waals surface area contributed by atoms with Gasteiger partial charge in [-0.05, 0) is 38.2 Å². The molecule has 1 rings (SSSR count). The van der Waals surface area contributed by atoms with Crippen molar-refractivity contribution >= 4 is 0 Å². The van der Waals surface area contributed by atoms with Gasteiger partial charge in [0.2, 0.25) is 0 Å². The SMILES string of the molecule is C=CCNC(=C/C)/C=C1\CCCC1C. The third kappa shape index (κ3) is 3.06. The lowest BCUT2D eigenvalue weighted by molar-refractivity contribution is 0.694. The van der Waals surface area contributed by atoms with E-state index in [0.717, 1.165) is 12.5 Å². The first-order chi connectivity index (χ1) is 6.77. The maximum absolute atomic E-state index is 3.70. The molecule has 0 aromatic heterocycles. The summed E-state index contributed by atoms with van der Waals surface area (Å²) in [5.74, 6) is 0.774. The lowest BCUT2D eigenvalue weighted by atomic mass is 10.0. The van der Waals surface area contributed by atoms with E-state index in [0.29, 0.717) is 0 Å². The van der Waals surface area contributed by atoms with Crippen LogP contribution in [-0.4, -0.2) is 6.54 Å². The van der Waals surface area contributed by atoms with Crippen molar-refractivity contribution in [3.63, 3.8) is 0 Å². The largest absolute Gasteiger partial charge is 0.382 e. The van der Waals surface area contributed by atoms with Gasteiger partial charge >= 0.3 is 0 Å². The number of hydrogen-bond acceptors (Lipinski definition) is 1. The first-order valence-corrected chi connectivity index (χ1v) is 5.49. The Morgan fingerprint density at radius 1 is 1.64 bits per heavy atom. The Morgan fingerprint density at radius 3 is 2.93 bits per heavy atom. The fourth-order valence-electron chi connectivity index (χ4n) is 1.88. The highest BCUT2D eigenvalue weighted by Gasteiger charge is 2.15. The Hall–Kier alpha value is -0.980. The summed E-state index contributed by atoms with van der Waals surface area (Å²) in [5.41, 5.74) is 2.82. The van der Waals surface area contributed by atoms with Gasteiger partial charge in [-0.1, -0.05) is 24.6 Å². The minimum Gasteiger partial charge on any atom is -0.382 e. The second kappa shape index (κ2) is 5.69. The molecule has 14 heavy (non-hydrogen) atoms. The smallest absolute Gasteiger partial charge is 0.0328 e. The number of nitrogens with one attached hydrogen (secondary N) is 1. The van der Waals surface area contributed by atoms with Crippen LogP contribution in [0.2, 0.25) is 0 Å². The van der Waals surface area contributed by atoms with Crippen LogP contribution in [0.25, 0.3) is 0 Å². The summed E-state index contributed by atoms with van der Waals surface area (Å²) in [4.78, 5) is 0. The molecule has 0 radical (unpaired) electrons. The van der Waals surface area contributed by atoms with E-state index in [1.165, 1.54) is 25.0 Å². The third-order valence-corrected chi connectivity index (χ3v) is 2.84. The minimum atomic E-state index is 0.774. The Bertz CT molecular complexity index is 248. The van der Waals surface area contributed by atoms with Gasteiger partial charge in [-0.2, -0.15) is 0 Å². The van der Waals surface area contributed by atoms with Gasteiger partial charge in [0, 0.05) is 12.2 Å². The fraction of sp³-hybridized carbons (Fsp3) is 0.538. The van der Waals surface area contributed by atoms with E-state index >= 15 is 0 Å². The molecule has 0 aromatic carbocycles. The van der Waals surface area contributed by atoms with E-state index in [9.17, 15) is 0 Å². The summed E-state index contributed by atoms with van der Waals surface area (Å²) in [5, 5.41) is 3.33. The zero-order chi connectivity index (χ0) is 10.4. The van der Waals surface area contributed by atoms with Crippen LogP contribution in [0.1, 0.15) is 33.1 Å². The van der Waals surface area contributed by atoms with Gasteiger partial charge < -0.3 is 5.32 Å². The number of hydrogen-bond donors (Lipinski definition) is 1. The standard InChI is InChI=1S/C13H21N/c1-4-9-14-13(5-2)10-12-8-6-7-11(12)3/h4-5,10-11,14H,1,6-9H2,2-3H3/b12-10+,13-5+. The molecule has 0 aliphatic heterocycles. The summed E-state index contributed by atoms with van der Waals surface area (Å²) < 4.78 is 0. The highest BCUT2D eigenvalue weighted by Crippen LogP contribution is 2.30. The molecule has 1 heteroatoms. The van der Waals surface area contributed by atoms with Crippen molar-refractivity contribution in [1.29, 1.82) is 0 Å². The maximum Gasteiger partial charge on any atom is 0.0328 e. The van der Waals surface area contributed by atoms with Crippen LogP contribution in [0.5, 0.6) is 0 Å². The van der Waals surface area contributed by atoms with Gasteiger partial charge in [-0.3, -0.25) is 0 Å². The van der Waals surface area contributed by atoms with E-state index in [4.69, 9.17) is 0 Å². The Labute approximate surface area is 87.6 Å². The Kier molecular flexibility index (Phi) is 4.51. The molecule has 78 valence electrons. The van der Waals surface area contributed by atoms with E-state index < -0.39 is 0 Å². The van der Waals surface area contributed by atoms with Gasteiger partial charge in [-0.25, -0.2) is 0 Å². The monoisotopic (exact) mass is 191 g/mol. The minimum absolute atomic E-state index is 0.774. The van der Waals surface area contributed by atoms with Crippen LogP contribution in [0.4, 0.5) is 0 Å². The topological polar surface area (TPSA) is 12.0 Å². The molecule has 0 saturated heterocycles. The molecule has 1 N–H and O–H groups in total. The predicted octanol–water partition coefficient (Wildman–Crippen LogP) is 3.41. The van der Waals surface area contributed by atoms with Gasteiger partial charge in [0.1, 0.15) is 0 Å². The van der Waals surface area contributed by atoms with Crippen molar-refractivity contribution in [3.8, 4) is 0 Å².